The van der Waals surface area contributed by atoms with Crippen LogP contribution in [0.1, 0.15) is 23.3 Å². The van der Waals surface area contributed by atoms with Crippen LogP contribution in [0.25, 0.3) is 0 Å². The summed E-state index contributed by atoms with van der Waals surface area (Å²) in [6, 6.07) is 2.23. The number of likely N-dealkylation sites (N-methyl/N-ethyl adjacent to an activating group) is 1. The quantitative estimate of drug-likeness (QED) is 0.866. The number of aryl methyl sites for hydroxylation is 1. The molecule has 1 aliphatic rings. The topological polar surface area (TPSA) is 15.3 Å². The molecular formula is C14H24N2S. The zero-order valence-electron chi connectivity index (χ0n) is 11.0. The second-order valence-electron chi connectivity index (χ2n) is 5.23. The summed E-state index contributed by atoms with van der Waals surface area (Å²) in [6.45, 7) is 7.11. The van der Waals surface area contributed by atoms with E-state index in [1.807, 2.05) is 11.3 Å². The van der Waals surface area contributed by atoms with Crippen LogP contribution < -0.4 is 5.32 Å². The molecule has 96 valence electrons. The number of nitrogens with one attached hydrogen (secondary N) is 1. The van der Waals surface area contributed by atoms with Crippen LogP contribution in [0.3, 0.4) is 0 Å². The fraction of sp³-hybridized carbons (Fsp3) is 0.714. The van der Waals surface area contributed by atoms with E-state index in [4.69, 9.17) is 0 Å². The van der Waals surface area contributed by atoms with Crippen molar-refractivity contribution < 1.29 is 0 Å². The van der Waals surface area contributed by atoms with Gasteiger partial charge in [0.15, 0.2) is 0 Å². The van der Waals surface area contributed by atoms with E-state index >= 15 is 0 Å². The van der Waals surface area contributed by atoms with Gasteiger partial charge in [0.05, 0.1) is 0 Å². The van der Waals surface area contributed by atoms with Gasteiger partial charge >= 0.3 is 0 Å². The molecule has 1 aromatic heterocycles. The Morgan fingerprint density at radius 3 is 2.82 bits per heavy atom. The first-order chi connectivity index (χ1) is 8.25. The molecule has 1 saturated heterocycles. The number of hydrogen-bond donors (Lipinski definition) is 1. The van der Waals surface area contributed by atoms with Gasteiger partial charge in [0.1, 0.15) is 0 Å². The Morgan fingerprint density at radius 1 is 1.41 bits per heavy atom. The van der Waals surface area contributed by atoms with Crippen LogP contribution in [0.5, 0.6) is 0 Å². The van der Waals surface area contributed by atoms with E-state index in [0.717, 1.165) is 5.92 Å². The van der Waals surface area contributed by atoms with Crippen LogP contribution in [-0.2, 0) is 6.42 Å². The standard InChI is InChI=1S/C14H24N2S/c1-12-6-10-17-14(12)5-9-16(2)11-13-3-7-15-8-4-13/h6,10,13,15H,3-5,7-9,11H2,1-2H3. The fourth-order valence-electron chi connectivity index (χ4n) is 2.55. The second kappa shape index (κ2) is 6.53. The van der Waals surface area contributed by atoms with Crippen molar-refractivity contribution in [3.05, 3.63) is 21.9 Å². The minimum atomic E-state index is 0.908. The SMILES string of the molecule is Cc1ccsc1CCN(C)CC1CCNCC1. The number of nitrogens with zero attached hydrogens (tertiary/aromatic N) is 1. The number of rotatable bonds is 5. The summed E-state index contributed by atoms with van der Waals surface area (Å²) in [5, 5.41) is 5.64. The molecule has 1 N–H and O–H groups in total. The minimum absolute atomic E-state index is 0.908. The fourth-order valence-corrected chi connectivity index (χ4v) is 3.45. The van der Waals surface area contributed by atoms with Gasteiger partial charge < -0.3 is 10.2 Å². The highest BCUT2D eigenvalue weighted by Crippen LogP contribution is 2.17. The van der Waals surface area contributed by atoms with E-state index in [9.17, 15) is 0 Å². The third kappa shape index (κ3) is 4.09. The molecule has 0 bridgehead atoms. The van der Waals surface area contributed by atoms with E-state index in [0.29, 0.717) is 0 Å². The zero-order chi connectivity index (χ0) is 12.1. The van der Waals surface area contributed by atoms with Gasteiger partial charge in [-0.2, -0.15) is 0 Å². The third-order valence-electron chi connectivity index (χ3n) is 3.72. The molecule has 0 spiro atoms. The number of piperidine rings is 1. The first kappa shape index (κ1) is 13.1. The summed E-state index contributed by atoms with van der Waals surface area (Å²) in [5.74, 6) is 0.908. The largest absolute Gasteiger partial charge is 0.317 e. The zero-order valence-corrected chi connectivity index (χ0v) is 11.9. The Kier molecular flexibility index (Phi) is 5.01. The lowest BCUT2D eigenvalue weighted by Crippen LogP contribution is -2.35. The molecule has 2 heterocycles. The molecule has 0 aromatic carbocycles. The molecule has 0 atom stereocenters. The molecule has 1 aliphatic heterocycles. The van der Waals surface area contributed by atoms with Crippen LogP contribution in [0.4, 0.5) is 0 Å². The van der Waals surface area contributed by atoms with Crippen LogP contribution in [0.15, 0.2) is 11.4 Å². The van der Waals surface area contributed by atoms with E-state index in [1.54, 1.807) is 4.88 Å². The monoisotopic (exact) mass is 252 g/mol. The molecule has 2 nitrogen and oxygen atoms in total. The van der Waals surface area contributed by atoms with E-state index in [2.05, 4.69) is 35.6 Å². The predicted octanol–water partition coefficient (Wildman–Crippen LogP) is 2.53. The molecule has 0 saturated carbocycles. The average Bonchev–Trinajstić information content (AvgIpc) is 2.74. The highest BCUT2D eigenvalue weighted by Gasteiger charge is 2.14. The molecule has 1 aromatic rings. The number of hydrogen-bond acceptors (Lipinski definition) is 3. The van der Waals surface area contributed by atoms with Gasteiger partial charge in [-0.1, -0.05) is 0 Å². The van der Waals surface area contributed by atoms with Crippen molar-refractivity contribution in [2.45, 2.75) is 26.2 Å². The Balaban J connectivity index is 1.70. The highest BCUT2D eigenvalue weighted by molar-refractivity contribution is 7.10. The van der Waals surface area contributed by atoms with Crippen LogP contribution in [0, 0.1) is 12.8 Å². The van der Waals surface area contributed by atoms with Gasteiger partial charge in [0.25, 0.3) is 0 Å². The lowest BCUT2D eigenvalue weighted by Gasteiger charge is -2.27. The van der Waals surface area contributed by atoms with Crippen molar-refractivity contribution in [1.82, 2.24) is 10.2 Å². The van der Waals surface area contributed by atoms with E-state index < -0.39 is 0 Å². The summed E-state index contributed by atoms with van der Waals surface area (Å²) < 4.78 is 0. The van der Waals surface area contributed by atoms with Crippen molar-refractivity contribution >= 4 is 11.3 Å². The molecule has 0 radical (unpaired) electrons. The molecule has 0 aliphatic carbocycles. The van der Waals surface area contributed by atoms with Crippen molar-refractivity contribution in [1.29, 1.82) is 0 Å². The first-order valence-electron chi connectivity index (χ1n) is 6.68. The van der Waals surface area contributed by atoms with Crippen molar-refractivity contribution in [2.24, 2.45) is 5.92 Å². The summed E-state index contributed by atoms with van der Waals surface area (Å²) >= 11 is 1.90. The summed E-state index contributed by atoms with van der Waals surface area (Å²) in [5.41, 5.74) is 1.46. The first-order valence-corrected chi connectivity index (χ1v) is 7.56. The molecule has 2 rings (SSSR count). The predicted molar refractivity (Wildman–Crippen MR) is 75.9 cm³/mol. The van der Waals surface area contributed by atoms with Gasteiger partial charge in [-0.3, -0.25) is 0 Å². The Hall–Kier alpha value is -0.380. The highest BCUT2D eigenvalue weighted by atomic mass is 32.1. The maximum Gasteiger partial charge on any atom is 0.00871 e. The smallest absolute Gasteiger partial charge is 0.00871 e. The van der Waals surface area contributed by atoms with Crippen LogP contribution >= 0.6 is 11.3 Å². The van der Waals surface area contributed by atoms with E-state index in [1.165, 1.54) is 51.0 Å². The maximum absolute atomic E-state index is 3.43. The van der Waals surface area contributed by atoms with Gasteiger partial charge in [-0.15, -0.1) is 11.3 Å². The van der Waals surface area contributed by atoms with E-state index in [-0.39, 0.29) is 0 Å². The summed E-state index contributed by atoms with van der Waals surface area (Å²) in [7, 11) is 2.27. The lowest BCUT2D eigenvalue weighted by atomic mass is 9.97. The van der Waals surface area contributed by atoms with Crippen LogP contribution in [0.2, 0.25) is 0 Å². The average molecular weight is 252 g/mol. The van der Waals surface area contributed by atoms with Gasteiger partial charge in [-0.05, 0) is 69.3 Å². The Labute approximate surface area is 109 Å². The molecule has 0 unspecified atom stereocenters. The van der Waals surface area contributed by atoms with Crippen LogP contribution in [-0.4, -0.2) is 38.1 Å². The Bertz CT molecular complexity index is 329. The third-order valence-corrected chi connectivity index (χ3v) is 4.80. The minimum Gasteiger partial charge on any atom is -0.317 e. The van der Waals surface area contributed by atoms with Gasteiger partial charge in [0.2, 0.25) is 0 Å². The van der Waals surface area contributed by atoms with Gasteiger partial charge in [0, 0.05) is 18.0 Å². The van der Waals surface area contributed by atoms with Crippen molar-refractivity contribution in [2.75, 3.05) is 33.2 Å². The Morgan fingerprint density at radius 2 is 2.18 bits per heavy atom. The summed E-state index contributed by atoms with van der Waals surface area (Å²) in [4.78, 5) is 4.07. The molecule has 3 heteroatoms. The normalized spacial score (nSPS) is 17.8. The lowest BCUT2D eigenvalue weighted by molar-refractivity contribution is 0.242. The summed E-state index contributed by atoms with van der Waals surface area (Å²) in [6.07, 6.45) is 3.91. The molecular weight excluding hydrogens is 228 g/mol. The molecule has 1 fully saturated rings. The van der Waals surface area contributed by atoms with Crippen molar-refractivity contribution in [3.8, 4) is 0 Å². The van der Waals surface area contributed by atoms with Gasteiger partial charge in [-0.25, -0.2) is 0 Å². The molecule has 0 amide bonds. The van der Waals surface area contributed by atoms with Crippen molar-refractivity contribution in [3.63, 3.8) is 0 Å². The number of thiophene rings is 1. The second-order valence-corrected chi connectivity index (χ2v) is 6.23. The maximum atomic E-state index is 3.43. The molecule has 17 heavy (non-hydrogen) atoms.